The number of rotatable bonds is 9. The third-order valence-corrected chi connectivity index (χ3v) is 8.30. The van der Waals surface area contributed by atoms with E-state index < -0.39 is 6.03 Å². The van der Waals surface area contributed by atoms with Crippen LogP contribution in [-0.4, -0.2) is 53.7 Å². The Morgan fingerprint density at radius 2 is 1.62 bits per heavy atom. The highest BCUT2D eigenvalue weighted by Gasteiger charge is 2.22. The Morgan fingerprint density at radius 1 is 0.889 bits per heavy atom. The Hall–Kier alpha value is -4.79. The van der Waals surface area contributed by atoms with Gasteiger partial charge >= 0.3 is 6.03 Å². The summed E-state index contributed by atoms with van der Waals surface area (Å²) < 4.78 is 12.8. The molecule has 5 aromatic rings. The molecule has 0 aliphatic carbocycles. The van der Waals surface area contributed by atoms with Crippen LogP contribution in [0, 0.1) is 0 Å². The highest BCUT2D eigenvalue weighted by atomic mass is 31.1. The molecule has 0 radical (unpaired) electrons. The van der Waals surface area contributed by atoms with Crippen LogP contribution in [0.3, 0.4) is 0 Å². The van der Waals surface area contributed by atoms with Crippen molar-refractivity contribution in [3.05, 3.63) is 90.8 Å². The largest absolute Gasteiger partial charge is 0.457 e. The molecule has 0 unspecified atom stereocenters. The Morgan fingerprint density at radius 3 is 2.31 bits per heavy atom. The van der Waals surface area contributed by atoms with Crippen LogP contribution in [0.5, 0.6) is 11.5 Å². The summed E-state index contributed by atoms with van der Waals surface area (Å²) in [6, 6.07) is 24.4. The molecule has 0 saturated carbocycles. The van der Waals surface area contributed by atoms with Gasteiger partial charge in [-0.2, -0.15) is 5.10 Å². The van der Waals surface area contributed by atoms with E-state index in [1.54, 1.807) is 35.1 Å². The first-order valence-electron chi connectivity index (χ1n) is 14.4. The van der Waals surface area contributed by atoms with Crippen LogP contribution in [0.1, 0.15) is 26.5 Å². The van der Waals surface area contributed by atoms with Crippen molar-refractivity contribution in [2.45, 2.75) is 26.2 Å². The third-order valence-electron chi connectivity index (χ3n) is 6.96. The van der Waals surface area contributed by atoms with Crippen molar-refractivity contribution in [1.29, 1.82) is 0 Å². The number of methoxy groups -OCH3 is 1. The maximum atomic E-state index is 13.4. The summed E-state index contributed by atoms with van der Waals surface area (Å²) in [4.78, 5) is 29.5. The van der Waals surface area contributed by atoms with E-state index in [0.717, 1.165) is 22.2 Å². The second kappa shape index (κ2) is 13.5. The van der Waals surface area contributed by atoms with Crippen LogP contribution in [0.2, 0.25) is 0 Å². The fraction of sp³-hybridized carbons (Fsp3) is 0.235. The molecule has 11 heteroatoms. The fourth-order valence-electron chi connectivity index (χ4n) is 4.64. The van der Waals surface area contributed by atoms with E-state index in [1.807, 2.05) is 42.5 Å². The predicted molar refractivity (Wildman–Crippen MR) is 182 cm³/mol. The van der Waals surface area contributed by atoms with Gasteiger partial charge in [0.2, 0.25) is 0 Å². The van der Waals surface area contributed by atoms with Gasteiger partial charge in [-0.15, -0.1) is 0 Å². The number of fused-ring (bicyclic) bond motifs is 1. The molecule has 0 aliphatic heterocycles. The molecule has 0 saturated heterocycles. The molecular weight excluding hydrogens is 587 g/mol. The highest BCUT2D eigenvalue weighted by Crippen LogP contribution is 2.35. The first-order valence-corrected chi connectivity index (χ1v) is 16.7. The zero-order valence-electron chi connectivity index (χ0n) is 26.2. The molecule has 232 valence electrons. The summed E-state index contributed by atoms with van der Waals surface area (Å²) in [7, 11) is 1.23. The molecule has 2 aromatic heterocycles. The van der Waals surface area contributed by atoms with Crippen molar-refractivity contribution in [3.63, 3.8) is 0 Å². The van der Waals surface area contributed by atoms with Crippen LogP contribution >= 0.6 is 7.92 Å². The van der Waals surface area contributed by atoms with Crippen molar-refractivity contribution in [2.24, 2.45) is 0 Å². The highest BCUT2D eigenvalue weighted by molar-refractivity contribution is 7.64. The molecule has 0 spiro atoms. The molecule has 0 bridgehead atoms. The number of anilines is 3. The van der Waals surface area contributed by atoms with Crippen LogP contribution < -0.4 is 26.0 Å². The van der Waals surface area contributed by atoms with Crippen molar-refractivity contribution in [3.8, 4) is 17.2 Å². The minimum absolute atomic E-state index is 0.0779. The van der Waals surface area contributed by atoms with Gasteiger partial charge in [0.1, 0.15) is 29.7 Å². The number of hydrogen-bond acceptors (Lipinski definition) is 6. The first kappa shape index (κ1) is 31.6. The summed E-state index contributed by atoms with van der Waals surface area (Å²) in [6.45, 7) is 10.6. The average Bonchev–Trinajstić information content (AvgIpc) is 3.43. The molecule has 10 nitrogen and oxygen atoms in total. The lowest BCUT2D eigenvalue weighted by atomic mass is 9.92. The Labute approximate surface area is 263 Å². The number of nitrogens with zero attached hydrogens (tertiary/aromatic N) is 3. The summed E-state index contributed by atoms with van der Waals surface area (Å²) in [6.07, 6.45) is 1.55. The van der Waals surface area contributed by atoms with Crippen molar-refractivity contribution in [1.82, 2.24) is 14.8 Å². The number of benzene rings is 3. The minimum Gasteiger partial charge on any atom is -0.457 e. The minimum atomic E-state index is -0.400. The fourth-order valence-corrected chi connectivity index (χ4v) is 5.39. The molecule has 5 rings (SSSR count). The molecular formula is C34H37N6O4P. The van der Waals surface area contributed by atoms with E-state index in [-0.39, 0.29) is 25.9 Å². The number of nitrogens with one attached hydrogen (secondary N) is 3. The lowest BCUT2D eigenvalue weighted by Gasteiger charge is -2.15. The molecule has 3 aromatic carbocycles. The average molecular weight is 625 g/mol. The third kappa shape index (κ3) is 7.66. The molecule has 3 amide bonds. The number of pyridine rings is 1. The topological polar surface area (TPSA) is 119 Å². The van der Waals surface area contributed by atoms with Crippen LogP contribution in [0.15, 0.2) is 85.1 Å². The summed E-state index contributed by atoms with van der Waals surface area (Å²) in [5.41, 5.74) is 2.13. The van der Waals surface area contributed by atoms with E-state index in [0.29, 0.717) is 28.8 Å². The molecule has 0 atom stereocenters. The number of aromatic nitrogens is 3. The van der Waals surface area contributed by atoms with E-state index in [2.05, 4.69) is 67.2 Å². The molecule has 0 fully saturated rings. The van der Waals surface area contributed by atoms with E-state index in [1.165, 1.54) is 12.4 Å². The summed E-state index contributed by atoms with van der Waals surface area (Å²) in [5.74, 6) is 1.67. The van der Waals surface area contributed by atoms with Gasteiger partial charge in [-0.3, -0.25) is 10.1 Å². The van der Waals surface area contributed by atoms with Crippen molar-refractivity contribution in [2.75, 3.05) is 43.0 Å². The van der Waals surface area contributed by atoms with Gasteiger partial charge in [-0.25, -0.2) is 14.5 Å². The van der Waals surface area contributed by atoms with E-state index in [9.17, 15) is 9.59 Å². The van der Waals surface area contributed by atoms with Crippen LogP contribution in [-0.2, 0) is 14.9 Å². The van der Waals surface area contributed by atoms with Gasteiger partial charge in [-0.05, 0) is 49.0 Å². The van der Waals surface area contributed by atoms with Gasteiger partial charge in [0, 0.05) is 41.6 Å². The normalized spacial score (nSPS) is 11.4. The Balaban J connectivity index is 1.38. The maximum Gasteiger partial charge on any atom is 0.324 e. The maximum absolute atomic E-state index is 13.4. The van der Waals surface area contributed by atoms with Gasteiger partial charge in [0.15, 0.2) is 0 Å². The first-order chi connectivity index (χ1) is 21.5. The molecule has 3 N–H and O–H groups in total. The predicted octanol–water partition coefficient (Wildman–Crippen LogP) is 7.11. The van der Waals surface area contributed by atoms with Gasteiger partial charge < -0.3 is 20.1 Å². The number of carbonyl (C=O) groups excluding carboxylic acids is 2. The quantitative estimate of drug-likeness (QED) is 0.151. The standard InChI is InChI=1S/C34H37N6O4P/c1-34(2,3)29-20-31(40(39-29)22-11-13-24(14-12-22)45(5)6)38-33(42)36-27-15-16-28(26-10-8-7-9-25(26)27)44-23-17-18-35-30(19-23)37-32(41)21-43-4/h7-20H,21H2,1-6H3,(H,35,37,41)(H2,36,38,42). The van der Waals surface area contributed by atoms with Crippen LogP contribution in [0.4, 0.5) is 22.1 Å². The smallest absolute Gasteiger partial charge is 0.324 e. The number of carbonyl (C=O) groups is 2. The number of urea groups is 1. The second-order valence-electron chi connectivity index (χ2n) is 11.7. The van der Waals surface area contributed by atoms with Gasteiger partial charge in [0.05, 0.1) is 17.1 Å². The van der Waals surface area contributed by atoms with Crippen LogP contribution in [0.25, 0.3) is 16.5 Å². The number of hydrogen-bond donors (Lipinski definition) is 3. The van der Waals surface area contributed by atoms with Crippen molar-refractivity contribution < 1.29 is 19.1 Å². The number of ether oxygens (including phenoxy) is 2. The molecule has 45 heavy (non-hydrogen) atoms. The van der Waals surface area contributed by atoms with E-state index in [4.69, 9.17) is 14.6 Å². The summed E-state index contributed by atoms with van der Waals surface area (Å²) in [5, 5.41) is 16.4. The molecule has 0 aliphatic rings. The lowest BCUT2D eigenvalue weighted by Crippen LogP contribution is -2.21. The van der Waals surface area contributed by atoms with Gasteiger partial charge in [0.25, 0.3) is 5.91 Å². The second-order valence-corrected chi connectivity index (χ2v) is 14.0. The van der Waals surface area contributed by atoms with Crippen molar-refractivity contribution >= 4 is 53.3 Å². The molecule has 2 heterocycles. The SMILES string of the molecule is COCC(=O)Nc1cc(Oc2ccc(NC(=O)Nc3cc(C(C)(C)C)nn3-c3ccc(P(C)C)cc3)c3ccccc23)ccn1. The lowest BCUT2D eigenvalue weighted by molar-refractivity contribution is -0.119. The van der Waals surface area contributed by atoms with E-state index >= 15 is 0 Å². The summed E-state index contributed by atoms with van der Waals surface area (Å²) >= 11 is 0. The van der Waals surface area contributed by atoms with Gasteiger partial charge in [-0.1, -0.05) is 65.1 Å². The zero-order chi connectivity index (χ0) is 32.1. The number of amides is 3. The Bertz CT molecular complexity index is 1830. The zero-order valence-corrected chi connectivity index (χ0v) is 27.1. The monoisotopic (exact) mass is 624 g/mol. The Kier molecular flexibility index (Phi) is 9.46.